The predicted molar refractivity (Wildman–Crippen MR) is 106 cm³/mol. The highest BCUT2D eigenvalue weighted by atomic mass is 35.5. The Morgan fingerprint density at radius 2 is 1.48 bits per heavy atom. The number of hydrogen-bond acceptors (Lipinski definition) is 2. The lowest BCUT2D eigenvalue weighted by molar-refractivity contribution is -0.00795. The first-order chi connectivity index (χ1) is 14.0. The monoisotopic (exact) mass is 409 g/mol. The smallest absolute Gasteiger partial charge is 0.356 e. The molecule has 0 aliphatic carbocycles. The topological polar surface area (TPSA) is 42.1 Å². The molecule has 3 aromatic carbocycles. The van der Waals surface area contributed by atoms with E-state index in [0.717, 1.165) is 16.5 Å². The van der Waals surface area contributed by atoms with Crippen LogP contribution in [0.5, 0.6) is 0 Å². The third-order valence-electron chi connectivity index (χ3n) is 5.39. The van der Waals surface area contributed by atoms with Crippen LogP contribution < -0.4 is 0 Å². The lowest BCUT2D eigenvalue weighted by atomic mass is 9.79. The van der Waals surface area contributed by atoms with Gasteiger partial charge in [-0.05, 0) is 48.0 Å². The number of cyclic esters (lactones) is 1. The zero-order valence-corrected chi connectivity index (χ0v) is 15.8. The molecule has 0 saturated carbocycles. The molecule has 0 fully saturated rings. The van der Waals surface area contributed by atoms with Crippen LogP contribution in [0, 0.1) is 11.6 Å². The van der Waals surface area contributed by atoms with E-state index in [1.165, 1.54) is 24.3 Å². The molecule has 5 rings (SSSR count). The highest BCUT2D eigenvalue weighted by Gasteiger charge is 2.45. The number of ether oxygens (including phenoxy) is 1. The van der Waals surface area contributed by atoms with Gasteiger partial charge in [0.05, 0.1) is 0 Å². The molecule has 1 aliphatic rings. The number of carbonyl (C=O) groups is 1. The maximum Gasteiger partial charge on any atom is 0.356 e. The first-order valence-electron chi connectivity index (χ1n) is 9.02. The minimum atomic E-state index is -1.22. The van der Waals surface area contributed by atoms with Gasteiger partial charge in [0.1, 0.15) is 17.3 Å². The second-order valence-electron chi connectivity index (χ2n) is 7.08. The fourth-order valence-corrected chi connectivity index (χ4v) is 4.17. The molecular weight excluding hydrogens is 396 g/mol. The van der Waals surface area contributed by atoms with Crippen molar-refractivity contribution in [2.75, 3.05) is 0 Å². The Bertz CT molecular complexity index is 1200. The van der Waals surface area contributed by atoms with Crippen molar-refractivity contribution in [1.82, 2.24) is 4.98 Å². The van der Waals surface area contributed by atoms with Gasteiger partial charge in [-0.25, -0.2) is 13.6 Å². The Kier molecular flexibility index (Phi) is 3.96. The number of rotatable bonds is 2. The van der Waals surface area contributed by atoms with Crippen molar-refractivity contribution >= 4 is 28.5 Å². The largest absolute Gasteiger partial charge is 0.444 e. The first kappa shape index (κ1) is 17.9. The number of H-pyrrole nitrogens is 1. The third-order valence-corrected chi connectivity index (χ3v) is 5.62. The van der Waals surface area contributed by atoms with Crippen molar-refractivity contribution in [2.24, 2.45) is 0 Å². The number of aromatic nitrogens is 1. The minimum Gasteiger partial charge on any atom is -0.444 e. The van der Waals surface area contributed by atoms with Crippen molar-refractivity contribution < 1.29 is 18.3 Å². The van der Waals surface area contributed by atoms with Crippen molar-refractivity contribution in [3.63, 3.8) is 0 Å². The molecule has 29 heavy (non-hydrogen) atoms. The second-order valence-corrected chi connectivity index (χ2v) is 7.51. The molecule has 1 aliphatic heterocycles. The van der Waals surface area contributed by atoms with Crippen LogP contribution in [0.2, 0.25) is 5.02 Å². The van der Waals surface area contributed by atoms with Gasteiger partial charge in [-0.3, -0.25) is 0 Å². The summed E-state index contributed by atoms with van der Waals surface area (Å²) in [4.78, 5) is 16.1. The van der Waals surface area contributed by atoms with Crippen molar-refractivity contribution in [1.29, 1.82) is 0 Å². The summed E-state index contributed by atoms with van der Waals surface area (Å²) in [5, 5.41) is 1.37. The molecule has 2 heterocycles. The maximum atomic E-state index is 13.6. The van der Waals surface area contributed by atoms with Gasteiger partial charge in [0.15, 0.2) is 5.60 Å². The van der Waals surface area contributed by atoms with Crippen LogP contribution >= 0.6 is 11.6 Å². The first-order valence-corrected chi connectivity index (χ1v) is 9.40. The van der Waals surface area contributed by atoms with Gasteiger partial charge in [-0.2, -0.15) is 0 Å². The van der Waals surface area contributed by atoms with E-state index in [1.54, 1.807) is 42.5 Å². The molecule has 4 aromatic rings. The molecule has 6 heteroatoms. The number of fused-ring (bicyclic) bond motifs is 3. The van der Waals surface area contributed by atoms with Crippen LogP contribution in [0.3, 0.4) is 0 Å². The average Bonchev–Trinajstić information content (AvgIpc) is 3.07. The van der Waals surface area contributed by atoms with Gasteiger partial charge in [0.25, 0.3) is 0 Å². The normalized spacial score (nSPS) is 15.2. The standard InChI is InChI=1S/C23H14ClF2NO2/c24-15-5-10-20-18(11-15)19-12-23(29-22(28)21(19)27-20,13-1-6-16(25)7-2-13)14-3-8-17(26)9-4-14/h1-11,27H,12H2. The van der Waals surface area contributed by atoms with E-state index >= 15 is 0 Å². The van der Waals surface area contributed by atoms with Gasteiger partial charge in [-0.15, -0.1) is 0 Å². The number of halogens is 3. The maximum absolute atomic E-state index is 13.6. The van der Waals surface area contributed by atoms with Crippen LogP contribution in [-0.4, -0.2) is 11.0 Å². The molecule has 0 bridgehead atoms. The number of carbonyl (C=O) groups excluding carboxylic acids is 1. The van der Waals surface area contributed by atoms with E-state index in [1.807, 2.05) is 0 Å². The van der Waals surface area contributed by atoms with Gasteiger partial charge < -0.3 is 9.72 Å². The number of benzene rings is 3. The molecule has 0 amide bonds. The van der Waals surface area contributed by atoms with Gasteiger partial charge in [0.2, 0.25) is 0 Å². The van der Waals surface area contributed by atoms with Gasteiger partial charge >= 0.3 is 5.97 Å². The number of esters is 1. The van der Waals surface area contributed by atoms with E-state index in [2.05, 4.69) is 4.98 Å². The molecule has 0 unspecified atom stereocenters. The van der Waals surface area contributed by atoms with Crippen molar-refractivity contribution in [2.45, 2.75) is 12.0 Å². The second kappa shape index (κ2) is 6.42. The lowest BCUT2D eigenvalue weighted by Gasteiger charge is -2.37. The summed E-state index contributed by atoms with van der Waals surface area (Å²) in [5.41, 5.74) is 1.87. The summed E-state index contributed by atoms with van der Waals surface area (Å²) in [5.74, 6) is -1.33. The van der Waals surface area contributed by atoms with Crippen LogP contribution in [0.1, 0.15) is 27.2 Å². The fraction of sp³-hybridized carbons (Fsp3) is 0.0870. The molecule has 0 radical (unpaired) electrons. The Balaban J connectivity index is 1.77. The summed E-state index contributed by atoms with van der Waals surface area (Å²) >= 11 is 6.18. The van der Waals surface area contributed by atoms with E-state index in [4.69, 9.17) is 16.3 Å². The van der Waals surface area contributed by atoms with Gasteiger partial charge in [0, 0.05) is 33.5 Å². The van der Waals surface area contributed by atoms with E-state index in [9.17, 15) is 13.6 Å². The number of nitrogens with one attached hydrogen (secondary N) is 1. The van der Waals surface area contributed by atoms with Crippen molar-refractivity contribution in [3.05, 3.63) is 106 Å². The molecule has 1 N–H and O–H groups in total. The molecule has 144 valence electrons. The molecule has 3 nitrogen and oxygen atoms in total. The predicted octanol–water partition coefficient (Wildman–Crippen LogP) is 5.76. The quantitative estimate of drug-likeness (QED) is 0.428. The average molecular weight is 410 g/mol. The highest BCUT2D eigenvalue weighted by Crippen LogP contribution is 2.44. The number of aromatic amines is 1. The minimum absolute atomic E-state index is 0.297. The SMILES string of the molecule is O=C1OC(c2ccc(F)cc2)(c2ccc(F)cc2)Cc2c1[nH]c1ccc(Cl)cc21. The van der Waals surface area contributed by atoms with E-state index in [0.29, 0.717) is 28.3 Å². The van der Waals surface area contributed by atoms with Gasteiger partial charge in [-0.1, -0.05) is 35.9 Å². The zero-order chi connectivity index (χ0) is 20.2. The number of hydrogen-bond donors (Lipinski definition) is 1. The molecular formula is C23H14ClF2NO2. The highest BCUT2D eigenvalue weighted by molar-refractivity contribution is 6.31. The Morgan fingerprint density at radius 1 is 0.897 bits per heavy atom. The van der Waals surface area contributed by atoms with Crippen molar-refractivity contribution in [3.8, 4) is 0 Å². The summed E-state index contributed by atoms with van der Waals surface area (Å²) in [6.45, 7) is 0. The fourth-order valence-electron chi connectivity index (χ4n) is 4.00. The van der Waals surface area contributed by atoms with Crippen LogP contribution in [-0.2, 0) is 16.8 Å². The molecule has 0 saturated heterocycles. The Hall–Kier alpha value is -3.18. The van der Waals surface area contributed by atoms with Crippen LogP contribution in [0.4, 0.5) is 8.78 Å². The molecule has 0 spiro atoms. The summed E-state index contributed by atoms with van der Waals surface area (Å²) < 4.78 is 33.1. The van der Waals surface area contributed by atoms with E-state index < -0.39 is 23.2 Å². The lowest BCUT2D eigenvalue weighted by Crippen LogP contribution is -2.40. The Morgan fingerprint density at radius 3 is 2.07 bits per heavy atom. The zero-order valence-electron chi connectivity index (χ0n) is 15.0. The third kappa shape index (κ3) is 2.81. The summed E-state index contributed by atoms with van der Waals surface area (Å²) in [6.07, 6.45) is 0.297. The summed E-state index contributed by atoms with van der Waals surface area (Å²) in [6, 6.07) is 16.9. The molecule has 0 atom stereocenters. The van der Waals surface area contributed by atoms with Crippen LogP contribution in [0.15, 0.2) is 66.7 Å². The molecule has 1 aromatic heterocycles. The van der Waals surface area contributed by atoms with E-state index in [-0.39, 0.29) is 0 Å². The Labute approximate surface area is 169 Å². The summed E-state index contributed by atoms with van der Waals surface area (Å²) in [7, 11) is 0. The van der Waals surface area contributed by atoms with Crippen LogP contribution in [0.25, 0.3) is 10.9 Å².